The predicted octanol–water partition coefficient (Wildman–Crippen LogP) is 4.16. The van der Waals surface area contributed by atoms with Crippen molar-refractivity contribution in [2.45, 2.75) is 6.54 Å². The lowest BCUT2D eigenvalue weighted by Gasteiger charge is -2.07. The fraction of sp³-hybridized carbons (Fsp3) is 0.143. The molecule has 5 nitrogen and oxygen atoms in total. The third-order valence-corrected chi connectivity index (χ3v) is 4.23. The fourth-order valence-electron chi connectivity index (χ4n) is 1.65. The Kier molecular flexibility index (Phi) is 5.65. The highest BCUT2D eigenvalue weighted by Crippen LogP contribution is 2.31. The minimum atomic E-state index is -0.537. The lowest BCUT2D eigenvalue weighted by Crippen LogP contribution is -2.22. The van der Waals surface area contributed by atoms with Gasteiger partial charge in [0.15, 0.2) is 0 Å². The molecule has 0 unspecified atom stereocenters. The molecule has 8 heteroatoms. The second-order valence-corrected chi connectivity index (χ2v) is 6.52. The number of methoxy groups -OCH3 is 1. The number of rotatable bonds is 4. The molecule has 0 aliphatic heterocycles. The molecule has 1 aromatic carbocycles. The second-order valence-electron chi connectivity index (χ2n) is 4.23. The van der Waals surface area contributed by atoms with Crippen LogP contribution in [0.4, 0.5) is 10.5 Å². The average Bonchev–Trinajstić information content (AvgIpc) is 2.85. The van der Waals surface area contributed by atoms with Crippen LogP contribution in [0.15, 0.2) is 30.3 Å². The SMILES string of the molecule is COC(=O)Nc1ccc(CNC(=O)c2cc(Cl)sc2Cl)cc1. The zero-order chi connectivity index (χ0) is 16.1. The summed E-state index contributed by atoms with van der Waals surface area (Å²) in [6.45, 7) is 0.334. The predicted molar refractivity (Wildman–Crippen MR) is 88.0 cm³/mol. The number of carbonyl (C=O) groups excluding carboxylic acids is 2. The van der Waals surface area contributed by atoms with Gasteiger partial charge in [0.1, 0.15) is 4.34 Å². The highest BCUT2D eigenvalue weighted by atomic mass is 35.5. The maximum absolute atomic E-state index is 12.0. The molecule has 0 aliphatic carbocycles. The summed E-state index contributed by atoms with van der Waals surface area (Å²) < 4.78 is 5.32. The summed E-state index contributed by atoms with van der Waals surface area (Å²) in [6.07, 6.45) is -0.537. The Labute approximate surface area is 141 Å². The number of thiophene rings is 1. The smallest absolute Gasteiger partial charge is 0.411 e. The van der Waals surface area contributed by atoms with E-state index in [1.54, 1.807) is 24.3 Å². The summed E-state index contributed by atoms with van der Waals surface area (Å²) in [5.74, 6) is -0.287. The molecule has 2 N–H and O–H groups in total. The number of benzene rings is 1. The molecular formula is C14H12Cl2N2O3S. The molecule has 0 saturated heterocycles. The lowest BCUT2D eigenvalue weighted by atomic mass is 10.2. The van der Waals surface area contributed by atoms with Gasteiger partial charge in [0.2, 0.25) is 0 Å². The molecule has 2 amide bonds. The topological polar surface area (TPSA) is 67.4 Å². The number of hydrogen-bond acceptors (Lipinski definition) is 4. The Morgan fingerprint density at radius 3 is 2.45 bits per heavy atom. The molecule has 1 heterocycles. The normalized spacial score (nSPS) is 10.1. The first kappa shape index (κ1) is 16.6. The maximum atomic E-state index is 12.0. The summed E-state index contributed by atoms with van der Waals surface area (Å²) in [5, 5.41) is 5.29. The van der Waals surface area contributed by atoms with Crippen LogP contribution in [-0.4, -0.2) is 19.1 Å². The summed E-state index contributed by atoms with van der Waals surface area (Å²) >= 11 is 12.9. The Morgan fingerprint density at radius 1 is 1.23 bits per heavy atom. The van der Waals surface area contributed by atoms with E-state index in [1.165, 1.54) is 13.2 Å². The van der Waals surface area contributed by atoms with Crippen molar-refractivity contribution >= 4 is 52.2 Å². The number of anilines is 1. The molecule has 0 spiro atoms. The first-order chi connectivity index (χ1) is 10.5. The molecule has 2 rings (SSSR count). The van der Waals surface area contributed by atoms with E-state index in [0.29, 0.717) is 26.5 Å². The Bertz CT molecular complexity index is 686. The van der Waals surface area contributed by atoms with Crippen molar-refractivity contribution in [2.24, 2.45) is 0 Å². The van der Waals surface area contributed by atoms with E-state index in [1.807, 2.05) is 0 Å². The van der Waals surface area contributed by atoms with Gasteiger partial charge in [-0.3, -0.25) is 10.1 Å². The largest absolute Gasteiger partial charge is 0.453 e. The first-order valence-electron chi connectivity index (χ1n) is 6.16. The minimum Gasteiger partial charge on any atom is -0.453 e. The van der Waals surface area contributed by atoms with Gasteiger partial charge in [-0.05, 0) is 23.8 Å². The van der Waals surface area contributed by atoms with Crippen LogP contribution >= 0.6 is 34.5 Å². The number of amides is 2. The number of nitrogens with one attached hydrogen (secondary N) is 2. The zero-order valence-electron chi connectivity index (χ0n) is 11.5. The average molecular weight is 359 g/mol. The summed E-state index contributed by atoms with van der Waals surface area (Å²) in [6, 6.07) is 8.54. The third kappa shape index (κ3) is 4.37. The standard InChI is InChI=1S/C14H12Cl2N2O3S/c1-21-14(20)18-9-4-2-8(3-5-9)7-17-13(19)10-6-11(15)22-12(10)16/h2-6H,7H2,1H3,(H,17,19)(H,18,20). The molecule has 2 aromatic rings. The molecule has 22 heavy (non-hydrogen) atoms. The first-order valence-corrected chi connectivity index (χ1v) is 7.74. The monoisotopic (exact) mass is 358 g/mol. The van der Waals surface area contributed by atoms with Gasteiger partial charge in [-0.2, -0.15) is 0 Å². The van der Waals surface area contributed by atoms with E-state index in [-0.39, 0.29) is 5.91 Å². The van der Waals surface area contributed by atoms with Crippen LogP contribution < -0.4 is 10.6 Å². The van der Waals surface area contributed by atoms with Crippen LogP contribution in [0.3, 0.4) is 0 Å². The van der Waals surface area contributed by atoms with Crippen molar-refractivity contribution in [3.05, 3.63) is 50.1 Å². The fourth-order valence-corrected chi connectivity index (χ4v) is 3.11. The molecule has 0 bridgehead atoms. The highest BCUT2D eigenvalue weighted by Gasteiger charge is 2.13. The van der Waals surface area contributed by atoms with Crippen LogP contribution in [0.5, 0.6) is 0 Å². The molecule has 0 atom stereocenters. The Hall–Kier alpha value is -1.76. The van der Waals surface area contributed by atoms with Gasteiger partial charge in [0.05, 0.1) is 17.0 Å². The Morgan fingerprint density at radius 2 is 1.91 bits per heavy atom. The van der Waals surface area contributed by atoms with Crippen molar-refractivity contribution in [3.63, 3.8) is 0 Å². The van der Waals surface area contributed by atoms with Gasteiger partial charge in [0, 0.05) is 12.2 Å². The quantitative estimate of drug-likeness (QED) is 0.861. The summed E-state index contributed by atoms with van der Waals surface area (Å²) in [7, 11) is 1.29. The van der Waals surface area contributed by atoms with Gasteiger partial charge in [-0.15, -0.1) is 11.3 Å². The number of carbonyl (C=O) groups is 2. The van der Waals surface area contributed by atoms with E-state index < -0.39 is 6.09 Å². The van der Waals surface area contributed by atoms with E-state index >= 15 is 0 Å². The third-order valence-electron chi connectivity index (χ3n) is 2.74. The molecular weight excluding hydrogens is 347 g/mol. The van der Waals surface area contributed by atoms with Gasteiger partial charge >= 0.3 is 6.09 Å². The van der Waals surface area contributed by atoms with Gasteiger partial charge in [-0.25, -0.2) is 4.79 Å². The number of ether oxygens (including phenoxy) is 1. The summed E-state index contributed by atoms with van der Waals surface area (Å²) in [5.41, 5.74) is 1.84. The molecule has 0 radical (unpaired) electrons. The molecule has 116 valence electrons. The lowest BCUT2D eigenvalue weighted by molar-refractivity contribution is 0.0951. The van der Waals surface area contributed by atoms with Gasteiger partial charge < -0.3 is 10.1 Å². The van der Waals surface area contributed by atoms with Crippen LogP contribution in [0, 0.1) is 0 Å². The molecule has 0 fully saturated rings. The zero-order valence-corrected chi connectivity index (χ0v) is 13.8. The highest BCUT2D eigenvalue weighted by molar-refractivity contribution is 7.20. The van der Waals surface area contributed by atoms with Crippen molar-refractivity contribution in [3.8, 4) is 0 Å². The summed E-state index contributed by atoms with van der Waals surface area (Å²) in [4.78, 5) is 23.0. The van der Waals surface area contributed by atoms with Gasteiger partial charge in [0.25, 0.3) is 5.91 Å². The van der Waals surface area contributed by atoms with Crippen molar-refractivity contribution in [1.29, 1.82) is 0 Å². The van der Waals surface area contributed by atoms with Crippen LogP contribution in [0.1, 0.15) is 15.9 Å². The number of halogens is 2. The van der Waals surface area contributed by atoms with Crippen molar-refractivity contribution < 1.29 is 14.3 Å². The van der Waals surface area contributed by atoms with E-state index in [9.17, 15) is 9.59 Å². The Balaban J connectivity index is 1.93. The van der Waals surface area contributed by atoms with Crippen LogP contribution in [-0.2, 0) is 11.3 Å². The van der Waals surface area contributed by atoms with E-state index in [4.69, 9.17) is 23.2 Å². The van der Waals surface area contributed by atoms with Crippen LogP contribution in [0.25, 0.3) is 0 Å². The van der Waals surface area contributed by atoms with E-state index in [0.717, 1.165) is 16.9 Å². The van der Waals surface area contributed by atoms with Crippen LogP contribution in [0.2, 0.25) is 8.67 Å². The second kappa shape index (κ2) is 7.49. The van der Waals surface area contributed by atoms with Gasteiger partial charge in [-0.1, -0.05) is 35.3 Å². The van der Waals surface area contributed by atoms with Crippen molar-refractivity contribution in [2.75, 3.05) is 12.4 Å². The van der Waals surface area contributed by atoms with Crippen molar-refractivity contribution in [1.82, 2.24) is 5.32 Å². The minimum absolute atomic E-state index is 0.287. The molecule has 0 saturated carbocycles. The van der Waals surface area contributed by atoms with E-state index in [2.05, 4.69) is 15.4 Å². The maximum Gasteiger partial charge on any atom is 0.411 e. The molecule has 0 aliphatic rings. The number of hydrogen-bond donors (Lipinski definition) is 2. The molecule has 1 aromatic heterocycles.